The number of hydrogen-bond donors (Lipinski definition) is 0. The van der Waals surface area contributed by atoms with Crippen LogP contribution in [0.5, 0.6) is 5.75 Å². The smallest absolute Gasteiger partial charge is 0.274 e. The quantitative estimate of drug-likeness (QED) is 0.697. The van der Waals surface area contributed by atoms with E-state index >= 15 is 0 Å². The number of hydrogen-bond acceptors (Lipinski definition) is 5. The Kier molecular flexibility index (Phi) is 5.00. The molecule has 1 aromatic carbocycles. The molecule has 3 aromatic rings. The molecule has 0 bridgehead atoms. The van der Waals surface area contributed by atoms with Gasteiger partial charge in [-0.2, -0.15) is 0 Å². The van der Waals surface area contributed by atoms with Gasteiger partial charge in [0.2, 0.25) is 0 Å². The van der Waals surface area contributed by atoms with E-state index in [1.54, 1.807) is 19.5 Å². The maximum absolute atomic E-state index is 13.0. The highest BCUT2D eigenvalue weighted by Crippen LogP contribution is 2.24. The molecule has 0 N–H and O–H groups in total. The van der Waals surface area contributed by atoms with E-state index in [9.17, 15) is 4.79 Å². The van der Waals surface area contributed by atoms with Crippen LogP contribution in [0.2, 0.25) is 0 Å². The summed E-state index contributed by atoms with van der Waals surface area (Å²) in [6.07, 6.45) is 5.34. The lowest BCUT2D eigenvalue weighted by molar-refractivity contribution is 0.0590. The molecular formula is C21H25N5O2. The molecule has 0 spiro atoms. The molecule has 7 heteroatoms. The van der Waals surface area contributed by atoms with Crippen LogP contribution in [-0.2, 0) is 0 Å². The van der Waals surface area contributed by atoms with Crippen molar-refractivity contribution in [1.82, 2.24) is 24.2 Å². The Hall–Kier alpha value is -2.93. The van der Waals surface area contributed by atoms with Crippen LogP contribution in [0.3, 0.4) is 0 Å². The first-order valence-corrected chi connectivity index (χ1v) is 9.58. The summed E-state index contributed by atoms with van der Waals surface area (Å²) in [4.78, 5) is 26.4. The predicted octanol–water partition coefficient (Wildman–Crippen LogP) is 2.57. The van der Waals surface area contributed by atoms with Gasteiger partial charge in [-0.1, -0.05) is 0 Å². The number of nitrogens with zero attached hydrogens (tertiary/aromatic N) is 5. The zero-order chi connectivity index (χ0) is 19.7. The largest absolute Gasteiger partial charge is 0.497 e. The van der Waals surface area contributed by atoms with Crippen molar-refractivity contribution >= 4 is 11.6 Å². The SMILES string of the molecule is COc1ccc(-c2nccn3cc(C(=O)N4CCN(C(C)C)CC4)nc23)cc1. The number of methoxy groups -OCH3 is 1. The van der Waals surface area contributed by atoms with E-state index in [1.165, 1.54) is 0 Å². The molecule has 1 fully saturated rings. The minimum Gasteiger partial charge on any atom is -0.497 e. The summed E-state index contributed by atoms with van der Waals surface area (Å²) in [5, 5.41) is 0. The van der Waals surface area contributed by atoms with Crippen molar-refractivity contribution in [2.24, 2.45) is 0 Å². The van der Waals surface area contributed by atoms with Crippen LogP contribution in [-0.4, -0.2) is 69.4 Å². The van der Waals surface area contributed by atoms with E-state index in [2.05, 4.69) is 28.7 Å². The predicted molar refractivity (Wildman–Crippen MR) is 108 cm³/mol. The lowest BCUT2D eigenvalue weighted by Gasteiger charge is -2.36. The lowest BCUT2D eigenvalue weighted by Crippen LogP contribution is -2.50. The molecule has 0 unspecified atom stereocenters. The van der Waals surface area contributed by atoms with Crippen LogP contribution < -0.4 is 4.74 Å². The van der Waals surface area contributed by atoms with Gasteiger partial charge in [0.15, 0.2) is 5.65 Å². The van der Waals surface area contributed by atoms with Gasteiger partial charge in [-0.25, -0.2) is 4.98 Å². The summed E-state index contributed by atoms with van der Waals surface area (Å²) >= 11 is 0. The van der Waals surface area contributed by atoms with Crippen LogP contribution in [0.15, 0.2) is 42.9 Å². The normalized spacial score (nSPS) is 15.4. The summed E-state index contributed by atoms with van der Waals surface area (Å²) in [6, 6.07) is 8.18. The number of carbonyl (C=O) groups excluding carboxylic acids is 1. The van der Waals surface area contributed by atoms with Crippen molar-refractivity contribution < 1.29 is 9.53 Å². The van der Waals surface area contributed by atoms with Crippen LogP contribution in [0.25, 0.3) is 16.9 Å². The maximum atomic E-state index is 13.0. The Morgan fingerprint density at radius 3 is 2.46 bits per heavy atom. The topological polar surface area (TPSA) is 63.0 Å². The van der Waals surface area contributed by atoms with Crippen molar-refractivity contribution in [2.45, 2.75) is 19.9 Å². The van der Waals surface area contributed by atoms with Gasteiger partial charge in [0.25, 0.3) is 5.91 Å². The van der Waals surface area contributed by atoms with Gasteiger partial charge in [-0.05, 0) is 38.1 Å². The van der Waals surface area contributed by atoms with Gasteiger partial charge in [0, 0.05) is 56.4 Å². The van der Waals surface area contributed by atoms with Gasteiger partial charge < -0.3 is 14.0 Å². The number of benzene rings is 1. The molecule has 1 aliphatic rings. The van der Waals surface area contributed by atoms with Crippen molar-refractivity contribution in [3.05, 3.63) is 48.5 Å². The van der Waals surface area contributed by atoms with Gasteiger partial charge in [-0.3, -0.25) is 14.7 Å². The summed E-state index contributed by atoms with van der Waals surface area (Å²) in [6.45, 7) is 7.63. The minimum atomic E-state index is -0.0206. The highest BCUT2D eigenvalue weighted by atomic mass is 16.5. The fourth-order valence-electron chi connectivity index (χ4n) is 3.58. The molecule has 0 saturated carbocycles. The zero-order valence-corrected chi connectivity index (χ0v) is 16.5. The molecule has 7 nitrogen and oxygen atoms in total. The standard InChI is InChI=1S/C21H25N5O2/c1-15(2)24-10-12-25(13-11-24)21(27)18-14-26-9-8-22-19(20(26)23-18)16-4-6-17(28-3)7-5-16/h4-9,14-15H,10-13H2,1-3H3. The number of amides is 1. The third kappa shape index (κ3) is 3.45. The number of fused-ring (bicyclic) bond motifs is 1. The Morgan fingerprint density at radius 2 is 1.82 bits per heavy atom. The average Bonchev–Trinajstić information content (AvgIpc) is 3.18. The van der Waals surface area contributed by atoms with Crippen LogP contribution in [0.1, 0.15) is 24.3 Å². The van der Waals surface area contributed by atoms with Crippen LogP contribution in [0.4, 0.5) is 0 Å². The first-order valence-electron chi connectivity index (χ1n) is 9.58. The monoisotopic (exact) mass is 379 g/mol. The number of aromatic nitrogens is 3. The van der Waals surface area contributed by atoms with Crippen molar-refractivity contribution in [3.8, 4) is 17.0 Å². The zero-order valence-electron chi connectivity index (χ0n) is 16.5. The summed E-state index contributed by atoms with van der Waals surface area (Å²) in [7, 11) is 1.64. The second-order valence-corrected chi connectivity index (χ2v) is 7.28. The number of carbonyl (C=O) groups is 1. The van der Waals surface area contributed by atoms with E-state index in [4.69, 9.17) is 4.74 Å². The van der Waals surface area contributed by atoms with Crippen molar-refractivity contribution in [1.29, 1.82) is 0 Å². The second-order valence-electron chi connectivity index (χ2n) is 7.28. The van der Waals surface area contributed by atoms with E-state index in [-0.39, 0.29) is 5.91 Å². The Bertz CT molecular complexity index is 972. The molecule has 0 atom stereocenters. The Morgan fingerprint density at radius 1 is 1.11 bits per heavy atom. The molecule has 1 saturated heterocycles. The van der Waals surface area contributed by atoms with E-state index < -0.39 is 0 Å². The average molecular weight is 379 g/mol. The third-order valence-electron chi connectivity index (χ3n) is 5.29. The summed E-state index contributed by atoms with van der Waals surface area (Å²) in [5.74, 6) is 0.767. The molecule has 0 radical (unpaired) electrons. The van der Waals surface area contributed by atoms with Crippen molar-refractivity contribution in [3.63, 3.8) is 0 Å². The molecule has 1 amide bonds. The van der Waals surface area contributed by atoms with Crippen LogP contribution >= 0.6 is 0 Å². The van der Waals surface area contributed by atoms with Gasteiger partial charge in [-0.15, -0.1) is 0 Å². The van der Waals surface area contributed by atoms with Gasteiger partial charge in [0.05, 0.1) is 7.11 Å². The number of imidazole rings is 1. The van der Waals surface area contributed by atoms with E-state index in [0.29, 0.717) is 17.4 Å². The molecule has 4 rings (SSSR count). The molecular weight excluding hydrogens is 354 g/mol. The summed E-state index contributed by atoms with van der Waals surface area (Å²) in [5.41, 5.74) is 2.81. The first-order chi connectivity index (χ1) is 13.6. The Labute approximate surface area is 164 Å². The molecule has 3 heterocycles. The van der Waals surface area contributed by atoms with Crippen LogP contribution in [0, 0.1) is 0 Å². The first kappa shape index (κ1) is 18.4. The lowest BCUT2D eigenvalue weighted by atomic mass is 10.1. The third-order valence-corrected chi connectivity index (χ3v) is 5.29. The Balaban J connectivity index is 1.60. The van der Waals surface area contributed by atoms with Gasteiger partial charge >= 0.3 is 0 Å². The van der Waals surface area contributed by atoms with Crippen molar-refractivity contribution in [2.75, 3.05) is 33.3 Å². The fraction of sp³-hybridized carbons (Fsp3) is 0.381. The molecule has 0 aliphatic carbocycles. The molecule has 2 aromatic heterocycles. The van der Waals surface area contributed by atoms with Gasteiger partial charge in [0.1, 0.15) is 17.1 Å². The second kappa shape index (κ2) is 7.59. The number of piperazine rings is 1. The fourth-order valence-corrected chi connectivity index (χ4v) is 3.58. The highest BCUT2D eigenvalue weighted by molar-refractivity contribution is 5.93. The maximum Gasteiger partial charge on any atom is 0.274 e. The number of ether oxygens (including phenoxy) is 1. The summed E-state index contributed by atoms with van der Waals surface area (Å²) < 4.78 is 7.09. The molecule has 146 valence electrons. The molecule has 28 heavy (non-hydrogen) atoms. The van der Waals surface area contributed by atoms with E-state index in [1.807, 2.05) is 39.8 Å². The molecule has 1 aliphatic heterocycles. The minimum absolute atomic E-state index is 0.0206. The van der Waals surface area contributed by atoms with E-state index in [0.717, 1.165) is 43.2 Å². The highest BCUT2D eigenvalue weighted by Gasteiger charge is 2.25. The number of rotatable bonds is 4.